The highest BCUT2D eigenvalue weighted by atomic mass is 16.4. The lowest BCUT2D eigenvalue weighted by Crippen LogP contribution is -2.34. The van der Waals surface area contributed by atoms with Crippen molar-refractivity contribution in [3.63, 3.8) is 0 Å². The Morgan fingerprint density at radius 3 is 2.62 bits per heavy atom. The van der Waals surface area contributed by atoms with Gasteiger partial charge in [-0.25, -0.2) is 14.3 Å². The quantitative estimate of drug-likeness (QED) is 0.697. The molecule has 1 saturated heterocycles. The summed E-state index contributed by atoms with van der Waals surface area (Å²) in [7, 11) is 0. The highest BCUT2D eigenvalue weighted by Crippen LogP contribution is 2.12. The van der Waals surface area contributed by atoms with E-state index in [-0.39, 0.29) is 37.2 Å². The van der Waals surface area contributed by atoms with Gasteiger partial charge in [0.1, 0.15) is 0 Å². The van der Waals surface area contributed by atoms with E-state index in [1.165, 1.54) is 4.68 Å². The summed E-state index contributed by atoms with van der Waals surface area (Å²) in [6.45, 7) is 4.27. The van der Waals surface area contributed by atoms with Gasteiger partial charge in [-0.05, 0) is 12.3 Å². The Morgan fingerprint density at radius 2 is 2.10 bits per heavy atom. The Kier molecular flexibility index (Phi) is 4.20. The number of carbonyl (C=O) groups excluding carboxylic acids is 2. The summed E-state index contributed by atoms with van der Waals surface area (Å²) in [5.41, 5.74) is 0.422. The number of imide groups is 1. The van der Waals surface area contributed by atoms with Gasteiger partial charge in [0.05, 0.1) is 25.3 Å². The molecule has 0 atom stereocenters. The Morgan fingerprint density at radius 1 is 1.38 bits per heavy atom. The van der Waals surface area contributed by atoms with Gasteiger partial charge in [0.15, 0.2) is 5.69 Å². The lowest BCUT2D eigenvalue weighted by molar-refractivity contribution is -0.125. The molecule has 2 heterocycles. The van der Waals surface area contributed by atoms with Crippen molar-refractivity contribution in [3.05, 3.63) is 11.4 Å². The van der Waals surface area contributed by atoms with Crippen LogP contribution in [-0.4, -0.2) is 56.0 Å². The molecule has 1 aromatic rings. The molecule has 21 heavy (non-hydrogen) atoms. The van der Waals surface area contributed by atoms with Crippen molar-refractivity contribution in [2.45, 2.75) is 26.8 Å². The zero-order valence-corrected chi connectivity index (χ0v) is 11.9. The standard InChI is InChI=1S/C12H17N5O4/c1-7(2)5-8-10(11(19)20)14-15-17(8)4-3-16-9(18)6-13-12(16)21/h7H,3-6H2,1-2H3,(H,13,21)(H,19,20). The van der Waals surface area contributed by atoms with Crippen LogP contribution in [0.1, 0.15) is 30.0 Å². The predicted molar refractivity (Wildman–Crippen MR) is 70.6 cm³/mol. The molecule has 3 amide bonds. The predicted octanol–water partition coefficient (Wildman–Crippen LogP) is -0.273. The molecule has 2 N–H and O–H groups in total. The van der Waals surface area contributed by atoms with Gasteiger partial charge in [0.25, 0.3) is 0 Å². The van der Waals surface area contributed by atoms with E-state index in [2.05, 4.69) is 15.6 Å². The summed E-state index contributed by atoms with van der Waals surface area (Å²) in [6.07, 6.45) is 0.509. The van der Waals surface area contributed by atoms with Crippen molar-refractivity contribution in [1.29, 1.82) is 0 Å². The molecular formula is C12H17N5O4. The number of hydrogen-bond donors (Lipinski definition) is 2. The maximum atomic E-state index is 11.5. The van der Waals surface area contributed by atoms with E-state index in [9.17, 15) is 14.4 Å². The summed E-state index contributed by atoms with van der Waals surface area (Å²) in [5, 5.41) is 19.0. The molecule has 1 aromatic heterocycles. The molecule has 0 aromatic carbocycles. The Balaban J connectivity index is 2.14. The molecule has 0 spiro atoms. The van der Waals surface area contributed by atoms with Gasteiger partial charge < -0.3 is 10.4 Å². The molecule has 0 bridgehead atoms. The van der Waals surface area contributed by atoms with E-state index in [4.69, 9.17) is 5.11 Å². The van der Waals surface area contributed by atoms with Crippen LogP contribution in [0.4, 0.5) is 4.79 Å². The third kappa shape index (κ3) is 3.18. The van der Waals surface area contributed by atoms with Crippen molar-refractivity contribution >= 4 is 17.9 Å². The second kappa shape index (κ2) is 5.90. The fourth-order valence-electron chi connectivity index (χ4n) is 2.14. The van der Waals surface area contributed by atoms with Crippen LogP contribution in [0, 0.1) is 5.92 Å². The molecule has 9 nitrogen and oxygen atoms in total. The lowest BCUT2D eigenvalue weighted by atomic mass is 10.1. The summed E-state index contributed by atoms with van der Waals surface area (Å²) < 4.78 is 1.45. The van der Waals surface area contributed by atoms with E-state index in [0.29, 0.717) is 12.1 Å². The monoisotopic (exact) mass is 295 g/mol. The maximum absolute atomic E-state index is 11.5. The number of rotatable bonds is 6. The Labute approximate surface area is 120 Å². The normalized spacial score (nSPS) is 14.9. The molecule has 2 rings (SSSR count). The molecule has 0 unspecified atom stereocenters. The molecule has 0 saturated carbocycles. The smallest absolute Gasteiger partial charge is 0.358 e. The number of amides is 3. The Hall–Kier alpha value is -2.45. The lowest BCUT2D eigenvalue weighted by Gasteiger charge is -2.14. The highest BCUT2D eigenvalue weighted by molar-refractivity contribution is 6.01. The minimum atomic E-state index is -1.13. The van der Waals surface area contributed by atoms with Crippen LogP contribution < -0.4 is 5.32 Å². The van der Waals surface area contributed by atoms with Crippen LogP contribution in [-0.2, 0) is 17.8 Å². The van der Waals surface area contributed by atoms with Crippen molar-refractivity contribution in [2.75, 3.05) is 13.1 Å². The van der Waals surface area contributed by atoms with E-state index >= 15 is 0 Å². The van der Waals surface area contributed by atoms with Gasteiger partial charge in [-0.1, -0.05) is 19.1 Å². The van der Waals surface area contributed by atoms with Crippen LogP contribution in [0.5, 0.6) is 0 Å². The molecule has 9 heteroatoms. The number of aromatic carboxylic acids is 1. The fraction of sp³-hybridized carbons (Fsp3) is 0.583. The van der Waals surface area contributed by atoms with Crippen molar-refractivity contribution in [1.82, 2.24) is 25.2 Å². The third-order valence-electron chi connectivity index (χ3n) is 3.11. The van der Waals surface area contributed by atoms with Gasteiger partial charge >= 0.3 is 12.0 Å². The summed E-state index contributed by atoms with van der Waals surface area (Å²) in [4.78, 5) is 35.1. The largest absolute Gasteiger partial charge is 0.476 e. The van der Waals surface area contributed by atoms with Crippen LogP contribution in [0.2, 0.25) is 0 Å². The van der Waals surface area contributed by atoms with Gasteiger partial charge in [-0.15, -0.1) is 5.10 Å². The number of nitrogens with zero attached hydrogens (tertiary/aromatic N) is 4. The zero-order chi connectivity index (χ0) is 15.6. The maximum Gasteiger partial charge on any atom is 0.358 e. The number of carboxylic acids is 1. The number of carboxylic acid groups (broad SMARTS) is 1. The first-order chi connectivity index (χ1) is 9.90. The van der Waals surface area contributed by atoms with E-state index < -0.39 is 12.0 Å². The highest BCUT2D eigenvalue weighted by Gasteiger charge is 2.28. The van der Waals surface area contributed by atoms with Gasteiger partial charge in [0, 0.05) is 0 Å². The SMILES string of the molecule is CC(C)Cc1c(C(=O)O)nnn1CCN1C(=O)CNC1=O. The van der Waals surface area contributed by atoms with Gasteiger partial charge in [0.2, 0.25) is 5.91 Å². The molecular weight excluding hydrogens is 278 g/mol. The Bertz CT molecular complexity index is 564. The number of aromatic nitrogens is 3. The fourth-order valence-corrected chi connectivity index (χ4v) is 2.14. The van der Waals surface area contributed by atoms with Crippen LogP contribution in [0.15, 0.2) is 0 Å². The van der Waals surface area contributed by atoms with Crippen molar-refractivity contribution in [3.8, 4) is 0 Å². The summed E-state index contributed by atoms with van der Waals surface area (Å²) >= 11 is 0. The van der Waals surface area contributed by atoms with Crippen molar-refractivity contribution < 1.29 is 19.5 Å². The first kappa shape index (κ1) is 14.9. The molecule has 0 radical (unpaired) electrons. The summed E-state index contributed by atoms with van der Waals surface area (Å²) in [6, 6.07) is -0.441. The summed E-state index contributed by atoms with van der Waals surface area (Å²) in [5.74, 6) is -1.20. The zero-order valence-electron chi connectivity index (χ0n) is 11.9. The van der Waals surface area contributed by atoms with E-state index in [1.807, 2.05) is 13.8 Å². The van der Waals surface area contributed by atoms with Crippen LogP contribution in [0.25, 0.3) is 0 Å². The van der Waals surface area contributed by atoms with E-state index in [0.717, 1.165) is 4.90 Å². The first-order valence-electron chi connectivity index (χ1n) is 6.64. The average Bonchev–Trinajstić information content (AvgIpc) is 2.92. The molecule has 0 aliphatic carbocycles. The molecule has 114 valence electrons. The topological polar surface area (TPSA) is 117 Å². The number of carbonyl (C=O) groups is 3. The second-order valence-corrected chi connectivity index (χ2v) is 5.22. The average molecular weight is 295 g/mol. The molecule has 1 aliphatic rings. The second-order valence-electron chi connectivity index (χ2n) is 5.22. The minimum absolute atomic E-state index is 0.00455. The molecule has 1 aliphatic heterocycles. The van der Waals surface area contributed by atoms with Crippen LogP contribution >= 0.6 is 0 Å². The van der Waals surface area contributed by atoms with E-state index in [1.54, 1.807) is 0 Å². The number of hydrogen-bond acceptors (Lipinski definition) is 5. The third-order valence-corrected chi connectivity index (χ3v) is 3.11. The number of nitrogens with one attached hydrogen (secondary N) is 1. The van der Waals surface area contributed by atoms with Gasteiger partial charge in [-0.3, -0.25) is 9.69 Å². The molecule has 1 fully saturated rings. The number of urea groups is 1. The first-order valence-corrected chi connectivity index (χ1v) is 6.64. The van der Waals surface area contributed by atoms with Crippen molar-refractivity contribution in [2.24, 2.45) is 5.92 Å². The minimum Gasteiger partial charge on any atom is -0.476 e. The van der Waals surface area contributed by atoms with Gasteiger partial charge in [-0.2, -0.15) is 0 Å². The van der Waals surface area contributed by atoms with Crippen LogP contribution in [0.3, 0.4) is 0 Å².